The molecule has 134 valence electrons. The van der Waals surface area contributed by atoms with E-state index in [2.05, 4.69) is 27.7 Å². The molecule has 0 aliphatic heterocycles. The van der Waals surface area contributed by atoms with Crippen LogP contribution in [0.3, 0.4) is 0 Å². The van der Waals surface area contributed by atoms with Gasteiger partial charge in [-0.3, -0.25) is 9.79 Å². The lowest BCUT2D eigenvalue weighted by Crippen LogP contribution is -2.36. The number of hydrogen-bond acceptors (Lipinski definition) is 4. The van der Waals surface area contributed by atoms with Crippen LogP contribution in [0.25, 0.3) is 0 Å². The maximum absolute atomic E-state index is 11.3. The maximum atomic E-state index is 11.3. The van der Waals surface area contributed by atoms with Crippen molar-refractivity contribution in [3.05, 3.63) is 52.4 Å². The average molecular weight is 343 g/mol. The molecule has 25 heavy (non-hydrogen) atoms. The summed E-state index contributed by atoms with van der Waals surface area (Å²) in [5, 5.41) is 10.6. The number of carbonyl (C=O) groups excluding carboxylic acids is 1. The molecule has 0 fully saturated rings. The third kappa shape index (κ3) is 4.82. The summed E-state index contributed by atoms with van der Waals surface area (Å²) in [4.78, 5) is 15.5. The second-order valence-corrected chi connectivity index (χ2v) is 5.58. The van der Waals surface area contributed by atoms with Crippen molar-refractivity contribution in [2.24, 2.45) is 10.7 Å². The number of nitrogens with one attached hydrogen (secondary N) is 2. The topological polar surface area (TPSA) is 106 Å². The molecule has 1 aromatic carbocycles. The second kappa shape index (κ2) is 8.86. The third-order valence-electron chi connectivity index (χ3n) is 3.93. The highest BCUT2D eigenvalue weighted by Crippen LogP contribution is 2.15. The van der Waals surface area contributed by atoms with Crippen LogP contribution < -0.4 is 16.4 Å². The molecule has 1 amide bonds. The zero-order valence-electron chi connectivity index (χ0n) is 14.9. The van der Waals surface area contributed by atoms with Gasteiger partial charge >= 0.3 is 0 Å². The molecule has 2 rings (SSSR count). The highest BCUT2D eigenvalue weighted by atomic mass is 16.5. The molecule has 0 bridgehead atoms. The van der Waals surface area contributed by atoms with Crippen molar-refractivity contribution in [2.75, 3.05) is 7.05 Å². The number of aryl methyl sites for hydroxylation is 2. The number of aliphatic imine (C=N–C) groups is 1. The highest BCUT2D eigenvalue weighted by molar-refractivity contribution is 5.92. The van der Waals surface area contributed by atoms with Crippen LogP contribution in [0.15, 0.2) is 33.8 Å². The zero-order valence-corrected chi connectivity index (χ0v) is 14.9. The molecule has 7 heteroatoms. The van der Waals surface area contributed by atoms with Gasteiger partial charge in [0.25, 0.3) is 0 Å². The summed E-state index contributed by atoms with van der Waals surface area (Å²) < 4.78 is 5.37. The lowest BCUT2D eigenvalue weighted by atomic mass is 10.1. The quantitative estimate of drug-likeness (QED) is 0.525. The van der Waals surface area contributed by atoms with E-state index in [0.29, 0.717) is 24.6 Å². The van der Waals surface area contributed by atoms with Crippen LogP contribution in [0.2, 0.25) is 0 Å². The average Bonchev–Trinajstić information content (AvgIpc) is 3.04. The Kier molecular flexibility index (Phi) is 6.56. The Morgan fingerprint density at radius 2 is 2.00 bits per heavy atom. The van der Waals surface area contributed by atoms with E-state index in [0.717, 1.165) is 35.4 Å². The van der Waals surface area contributed by atoms with Crippen LogP contribution in [-0.4, -0.2) is 24.1 Å². The van der Waals surface area contributed by atoms with Crippen molar-refractivity contribution in [1.82, 2.24) is 15.8 Å². The van der Waals surface area contributed by atoms with Crippen molar-refractivity contribution in [3.63, 3.8) is 0 Å². The summed E-state index contributed by atoms with van der Waals surface area (Å²) in [7, 11) is 1.71. The first kappa shape index (κ1) is 18.5. The molecule has 0 spiro atoms. The van der Waals surface area contributed by atoms with E-state index < -0.39 is 5.91 Å². The number of amides is 1. The SMILES string of the molecule is CCc1noc(CC)c1CNC(=NC)NCc1cccc(C(N)=O)c1. The lowest BCUT2D eigenvalue weighted by Gasteiger charge is -2.12. The van der Waals surface area contributed by atoms with Gasteiger partial charge in [0.05, 0.1) is 5.69 Å². The predicted octanol–water partition coefficient (Wildman–Crippen LogP) is 1.76. The van der Waals surface area contributed by atoms with Crippen LogP contribution in [0.4, 0.5) is 0 Å². The van der Waals surface area contributed by atoms with Gasteiger partial charge in [0, 0.05) is 37.7 Å². The monoisotopic (exact) mass is 343 g/mol. The molecule has 1 aromatic heterocycles. The number of nitrogens with zero attached hydrogens (tertiary/aromatic N) is 2. The minimum atomic E-state index is -0.434. The van der Waals surface area contributed by atoms with E-state index in [1.165, 1.54) is 0 Å². The first-order chi connectivity index (χ1) is 12.1. The molecule has 0 atom stereocenters. The van der Waals surface area contributed by atoms with Crippen LogP contribution in [0, 0.1) is 0 Å². The molecular weight excluding hydrogens is 318 g/mol. The summed E-state index contributed by atoms with van der Waals surface area (Å²) in [5.74, 6) is 1.12. The molecule has 0 radical (unpaired) electrons. The molecule has 2 aromatic rings. The number of primary amides is 1. The standard InChI is InChI=1S/C18H25N5O2/c1-4-15-14(16(5-2)25-23-15)11-22-18(20-3)21-10-12-7-6-8-13(9-12)17(19)24/h6-9H,4-5,10-11H2,1-3H3,(H2,19,24)(H2,20,21,22). The minimum Gasteiger partial charge on any atom is -0.366 e. The number of nitrogens with two attached hydrogens (primary N) is 1. The fourth-order valence-corrected chi connectivity index (χ4v) is 2.55. The number of aromatic nitrogens is 1. The Morgan fingerprint density at radius 3 is 2.64 bits per heavy atom. The van der Waals surface area contributed by atoms with Crippen molar-refractivity contribution < 1.29 is 9.32 Å². The van der Waals surface area contributed by atoms with Gasteiger partial charge in [-0.1, -0.05) is 31.1 Å². The number of rotatable bonds is 7. The lowest BCUT2D eigenvalue weighted by molar-refractivity contribution is 0.1000. The van der Waals surface area contributed by atoms with Crippen molar-refractivity contribution in [2.45, 2.75) is 39.8 Å². The summed E-state index contributed by atoms with van der Waals surface area (Å²) >= 11 is 0. The fourth-order valence-electron chi connectivity index (χ4n) is 2.55. The van der Waals surface area contributed by atoms with Crippen molar-refractivity contribution in [3.8, 4) is 0 Å². The minimum absolute atomic E-state index is 0.434. The molecular formula is C18H25N5O2. The van der Waals surface area contributed by atoms with Gasteiger partial charge in [-0.2, -0.15) is 0 Å². The Hall–Kier alpha value is -2.83. The van der Waals surface area contributed by atoms with Gasteiger partial charge in [0.15, 0.2) is 5.96 Å². The fraction of sp³-hybridized carbons (Fsp3) is 0.389. The van der Waals surface area contributed by atoms with Crippen LogP contribution in [0.5, 0.6) is 0 Å². The Morgan fingerprint density at radius 1 is 1.24 bits per heavy atom. The van der Waals surface area contributed by atoms with Gasteiger partial charge in [0.2, 0.25) is 5.91 Å². The molecule has 0 aliphatic rings. The second-order valence-electron chi connectivity index (χ2n) is 5.58. The summed E-state index contributed by atoms with van der Waals surface area (Å²) in [6, 6.07) is 7.21. The van der Waals surface area contributed by atoms with E-state index in [9.17, 15) is 4.79 Å². The van der Waals surface area contributed by atoms with Crippen LogP contribution in [0.1, 0.15) is 46.8 Å². The molecule has 7 nitrogen and oxygen atoms in total. The number of benzene rings is 1. The summed E-state index contributed by atoms with van der Waals surface area (Å²) in [6.45, 7) is 5.23. The normalized spacial score (nSPS) is 11.4. The molecule has 0 saturated heterocycles. The summed E-state index contributed by atoms with van der Waals surface area (Å²) in [5.41, 5.74) is 8.81. The van der Waals surface area contributed by atoms with Crippen LogP contribution >= 0.6 is 0 Å². The van der Waals surface area contributed by atoms with Gasteiger partial charge < -0.3 is 20.9 Å². The third-order valence-corrected chi connectivity index (χ3v) is 3.93. The van der Waals surface area contributed by atoms with Gasteiger partial charge in [-0.25, -0.2) is 0 Å². The molecule has 0 saturated carbocycles. The zero-order chi connectivity index (χ0) is 18.2. The van der Waals surface area contributed by atoms with Crippen molar-refractivity contribution in [1.29, 1.82) is 0 Å². The number of guanidine groups is 1. The van der Waals surface area contributed by atoms with E-state index in [1.807, 2.05) is 19.1 Å². The van der Waals surface area contributed by atoms with Gasteiger partial charge in [-0.05, 0) is 24.1 Å². The number of hydrogen-bond donors (Lipinski definition) is 3. The van der Waals surface area contributed by atoms with E-state index in [1.54, 1.807) is 19.2 Å². The van der Waals surface area contributed by atoms with Crippen molar-refractivity contribution >= 4 is 11.9 Å². The molecule has 1 heterocycles. The van der Waals surface area contributed by atoms with E-state index in [-0.39, 0.29) is 0 Å². The molecule has 0 unspecified atom stereocenters. The first-order valence-corrected chi connectivity index (χ1v) is 8.38. The smallest absolute Gasteiger partial charge is 0.248 e. The van der Waals surface area contributed by atoms with E-state index >= 15 is 0 Å². The van der Waals surface area contributed by atoms with E-state index in [4.69, 9.17) is 10.3 Å². The largest absolute Gasteiger partial charge is 0.366 e. The Bertz CT molecular complexity index is 730. The Balaban J connectivity index is 1.97. The van der Waals surface area contributed by atoms with Gasteiger partial charge in [0.1, 0.15) is 5.76 Å². The maximum Gasteiger partial charge on any atom is 0.248 e. The summed E-state index contributed by atoms with van der Waals surface area (Å²) in [6.07, 6.45) is 1.63. The highest BCUT2D eigenvalue weighted by Gasteiger charge is 2.13. The first-order valence-electron chi connectivity index (χ1n) is 8.38. The Labute approximate surface area is 147 Å². The van der Waals surface area contributed by atoms with Gasteiger partial charge in [-0.15, -0.1) is 0 Å². The molecule has 4 N–H and O–H groups in total. The predicted molar refractivity (Wildman–Crippen MR) is 97.3 cm³/mol. The van der Waals surface area contributed by atoms with Crippen LogP contribution in [-0.2, 0) is 25.9 Å². The molecule has 0 aliphatic carbocycles. The number of carbonyl (C=O) groups is 1.